The second-order valence-corrected chi connectivity index (χ2v) is 4.83. The molecule has 1 heterocycles. The molecule has 0 bridgehead atoms. The number of rotatable bonds is 3. The third kappa shape index (κ3) is 2.19. The van der Waals surface area contributed by atoms with Crippen LogP contribution in [-0.2, 0) is 10.3 Å². The van der Waals surface area contributed by atoms with Gasteiger partial charge in [-0.05, 0) is 19.1 Å². The molecule has 0 saturated heterocycles. The van der Waals surface area contributed by atoms with Crippen LogP contribution in [0.5, 0.6) is 5.75 Å². The van der Waals surface area contributed by atoms with Crippen molar-refractivity contribution in [1.29, 1.82) is 5.26 Å². The Morgan fingerprint density at radius 2 is 2.11 bits per heavy atom. The van der Waals surface area contributed by atoms with Crippen molar-refractivity contribution in [2.45, 2.75) is 6.92 Å². The molecule has 0 aliphatic heterocycles. The highest BCUT2D eigenvalue weighted by atomic mass is 32.2. The predicted octanol–water partition coefficient (Wildman–Crippen LogP) is 1.24. The molecule has 0 spiro atoms. The van der Waals surface area contributed by atoms with E-state index in [0.29, 0.717) is 0 Å². The average molecular weight is 263 g/mol. The Morgan fingerprint density at radius 1 is 1.39 bits per heavy atom. The van der Waals surface area contributed by atoms with Crippen LogP contribution in [0.15, 0.2) is 36.7 Å². The van der Waals surface area contributed by atoms with Gasteiger partial charge in [-0.3, -0.25) is 0 Å². The first-order chi connectivity index (χ1) is 8.54. The summed E-state index contributed by atoms with van der Waals surface area (Å²) in [5.74, 6) is 0.275. The highest BCUT2D eigenvalue weighted by Gasteiger charge is 2.19. The molecule has 2 aromatic rings. The highest BCUT2D eigenvalue weighted by Crippen LogP contribution is 2.19. The van der Waals surface area contributed by atoms with Crippen LogP contribution in [0.4, 0.5) is 0 Å². The Balaban J connectivity index is 2.41. The summed E-state index contributed by atoms with van der Waals surface area (Å²) in [6.45, 7) is 1.54. The van der Waals surface area contributed by atoms with E-state index in [4.69, 9.17) is 9.44 Å². The molecule has 18 heavy (non-hydrogen) atoms. The SMILES string of the molecule is Cc1nccn1S(=O)(=O)Oc1ccccc1C#N. The maximum absolute atomic E-state index is 11.9. The fourth-order valence-electron chi connectivity index (χ4n) is 1.39. The van der Waals surface area contributed by atoms with Gasteiger partial charge in [-0.25, -0.2) is 4.98 Å². The van der Waals surface area contributed by atoms with E-state index in [2.05, 4.69) is 4.98 Å². The molecule has 0 N–H and O–H groups in total. The van der Waals surface area contributed by atoms with Crippen LogP contribution in [0.3, 0.4) is 0 Å². The molecule has 0 fully saturated rings. The fourth-order valence-corrected chi connectivity index (χ4v) is 2.41. The summed E-state index contributed by atoms with van der Waals surface area (Å²) in [4.78, 5) is 3.81. The summed E-state index contributed by atoms with van der Waals surface area (Å²) < 4.78 is 29.7. The van der Waals surface area contributed by atoms with Gasteiger partial charge >= 0.3 is 10.3 Å². The number of aromatic nitrogens is 2. The first-order valence-corrected chi connectivity index (χ1v) is 6.35. The van der Waals surface area contributed by atoms with Crippen molar-refractivity contribution in [1.82, 2.24) is 8.96 Å². The van der Waals surface area contributed by atoms with Crippen LogP contribution >= 0.6 is 0 Å². The number of imidazole rings is 1. The van der Waals surface area contributed by atoms with Crippen LogP contribution in [0.1, 0.15) is 11.4 Å². The summed E-state index contributed by atoms with van der Waals surface area (Å²) in [6.07, 6.45) is 2.63. The number of nitrogens with zero attached hydrogens (tertiary/aromatic N) is 3. The summed E-state index contributed by atoms with van der Waals surface area (Å²) in [5.41, 5.74) is 0.152. The summed E-state index contributed by atoms with van der Waals surface area (Å²) >= 11 is 0. The Hall–Kier alpha value is -2.33. The normalized spacial score (nSPS) is 10.9. The largest absolute Gasteiger partial charge is 0.414 e. The Morgan fingerprint density at radius 3 is 2.72 bits per heavy atom. The minimum Gasteiger partial charge on any atom is -0.365 e. The number of hydrogen-bond donors (Lipinski definition) is 0. The van der Waals surface area contributed by atoms with E-state index in [1.54, 1.807) is 12.1 Å². The van der Waals surface area contributed by atoms with Crippen LogP contribution < -0.4 is 4.18 Å². The van der Waals surface area contributed by atoms with E-state index >= 15 is 0 Å². The standard InChI is InChI=1S/C11H9N3O3S/c1-9-13-6-7-14(9)18(15,16)17-11-5-3-2-4-10(11)8-12/h2-7H,1H3. The summed E-state index contributed by atoms with van der Waals surface area (Å²) in [7, 11) is -4.03. The van der Waals surface area contributed by atoms with Crippen molar-refractivity contribution in [3.05, 3.63) is 48.0 Å². The molecule has 7 heteroatoms. The number of para-hydroxylation sites is 1. The molecule has 1 aromatic carbocycles. The number of hydrogen-bond acceptors (Lipinski definition) is 5. The van der Waals surface area contributed by atoms with Gasteiger partial charge in [0.1, 0.15) is 11.9 Å². The minimum atomic E-state index is -4.03. The number of benzene rings is 1. The lowest BCUT2D eigenvalue weighted by molar-refractivity contribution is 0.474. The zero-order valence-electron chi connectivity index (χ0n) is 9.44. The van der Waals surface area contributed by atoms with Gasteiger partial charge in [0.15, 0.2) is 5.75 Å². The van der Waals surface area contributed by atoms with E-state index in [1.807, 2.05) is 6.07 Å². The van der Waals surface area contributed by atoms with Crippen molar-refractivity contribution in [3.63, 3.8) is 0 Å². The third-order valence-corrected chi connectivity index (χ3v) is 3.48. The number of aryl methyl sites for hydroxylation is 1. The van der Waals surface area contributed by atoms with E-state index in [1.165, 1.54) is 31.5 Å². The van der Waals surface area contributed by atoms with Crippen molar-refractivity contribution >= 4 is 10.3 Å². The molecular formula is C11H9N3O3S. The van der Waals surface area contributed by atoms with Gasteiger partial charge in [0.05, 0.1) is 5.56 Å². The van der Waals surface area contributed by atoms with E-state index in [-0.39, 0.29) is 17.1 Å². The van der Waals surface area contributed by atoms with E-state index < -0.39 is 10.3 Å². The van der Waals surface area contributed by atoms with Gasteiger partial charge in [-0.1, -0.05) is 12.1 Å². The fraction of sp³-hybridized carbons (Fsp3) is 0.0909. The summed E-state index contributed by atoms with van der Waals surface area (Å²) in [5, 5.41) is 8.86. The quantitative estimate of drug-likeness (QED) is 0.831. The summed E-state index contributed by atoms with van der Waals surface area (Å²) in [6, 6.07) is 7.98. The Kier molecular flexibility index (Phi) is 3.04. The highest BCUT2D eigenvalue weighted by molar-refractivity contribution is 7.85. The molecule has 0 radical (unpaired) electrons. The van der Waals surface area contributed by atoms with Crippen LogP contribution in [0, 0.1) is 18.3 Å². The smallest absolute Gasteiger partial charge is 0.365 e. The lowest BCUT2D eigenvalue weighted by atomic mass is 10.2. The van der Waals surface area contributed by atoms with Crippen molar-refractivity contribution in [2.24, 2.45) is 0 Å². The van der Waals surface area contributed by atoms with Crippen LogP contribution in [0.2, 0.25) is 0 Å². The molecule has 0 saturated carbocycles. The molecule has 0 aliphatic rings. The molecule has 1 aromatic heterocycles. The zero-order valence-corrected chi connectivity index (χ0v) is 10.3. The molecule has 6 nitrogen and oxygen atoms in total. The minimum absolute atomic E-state index is 0.00639. The molecule has 2 rings (SSSR count). The van der Waals surface area contributed by atoms with Crippen LogP contribution in [-0.4, -0.2) is 17.4 Å². The van der Waals surface area contributed by atoms with Crippen LogP contribution in [0.25, 0.3) is 0 Å². The zero-order chi connectivity index (χ0) is 13.2. The monoisotopic (exact) mass is 263 g/mol. The van der Waals surface area contributed by atoms with Crippen molar-refractivity contribution in [2.75, 3.05) is 0 Å². The van der Waals surface area contributed by atoms with Gasteiger partial charge in [-0.15, -0.1) is 0 Å². The molecule has 0 unspecified atom stereocenters. The number of nitriles is 1. The van der Waals surface area contributed by atoms with Gasteiger partial charge in [0, 0.05) is 12.4 Å². The van der Waals surface area contributed by atoms with Gasteiger partial charge in [0.2, 0.25) is 0 Å². The molecule has 92 valence electrons. The van der Waals surface area contributed by atoms with Gasteiger partial charge in [0.25, 0.3) is 0 Å². The molecule has 0 amide bonds. The van der Waals surface area contributed by atoms with Crippen molar-refractivity contribution in [3.8, 4) is 11.8 Å². The third-order valence-electron chi connectivity index (χ3n) is 2.23. The Bertz CT molecular complexity index is 713. The lowest BCUT2D eigenvalue weighted by Crippen LogP contribution is -2.20. The second kappa shape index (κ2) is 4.50. The van der Waals surface area contributed by atoms with E-state index in [9.17, 15) is 8.42 Å². The maximum Gasteiger partial charge on any atom is 0.414 e. The topological polar surface area (TPSA) is 85.0 Å². The second-order valence-electron chi connectivity index (χ2n) is 3.42. The lowest BCUT2D eigenvalue weighted by Gasteiger charge is -2.09. The first kappa shape index (κ1) is 12.1. The molecule has 0 aliphatic carbocycles. The Labute approximate surface area is 104 Å². The van der Waals surface area contributed by atoms with Gasteiger partial charge < -0.3 is 4.18 Å². The van der Waals surface area contributed by atoms with Gasteiger partial charge in [-0.2, -0.15) is 17.7 Å². The van der Waals surface area contributed by atoms with E-state index in [0.717, 1.165) is 3.97 Å². The molecule has 0 atom stereocenters. The average Bonchev–Trinajstić information content (AvgIpc) is 2.76. The first-order valence-electron chi connectivity index (χ1n) is 4.98. The predicted molar refractivity (Wildman–Crippen MR) is 63.1 cm³/mol. The molecular weight excluding hydrogens is 254 g/mol. The maximum atomic E-state index is 11.9. The van der Waals surface area contributed by atoms with Crippen molar-refractivity contribution < 1.29 is 12.6 Å².